The van der Waals surface area contributed by atoms with E-state index in [1.807, 2.05) is 61.5 Å². The molecule has 0 aliphatic rings. The van der Waals surface area contributed by atoms with E-state index in [-0.39, 0.29) is 24.8 Å². The minimum Gasteiger partial charge on any atom is -0.355 e. The minimum atomic E-state index is -0.690. The largest absolute Gasteiger partial charge is 0.355 e. The number of carbonyl (C=O) groups is 2. The van der Waals surface area contributed by atoms with Gasteiger partial charge in [0.2, 0.25) is 11.8 Å². The molecule has 0 aliphatic carbocycles. The second kappa shape index (κ2) is 12.2. The highest BCUT2D eigenvalue weighted by Gasteiger charge is 2.30. The third kappa shape index (κ3) is 7.07. The molecule has 0 aliphatic heterocycles. The van der Waals surface area contributed by atoms with E-state index in [4.69, 9.17) is 23.2 Å². The Labute approximate surface area is 213 Å². The molecule has 2 amide bonds. The smallest absolute Gasteiger partial charge is 0.243 e. The van der Waals surface area contributed by atoms with Crippen LogP contribution >= 0.6 is 39.1 Å². The van der Waals surface area contributed by atoms with Gasteiger partial charge in [-0.3, -0.25) is 9.59 Å². The summed E-state index contributed by atoms with van der Waals surface area (Å²) in [5.74, 6) is -0.419. The molecule has 1 atom stereocenters. The quantitative estimate of drug-likeness (QED) is 0.353. The summed E-state index contributed by atoms with van der Waals surface area (Å²) >= 11 is 16.1. The van der Waals surface area contributed by atoms with E-state index >= 15 is 0 Å². The van der Waals surface area contributed by atoms with Crippen molar-refractivity contribution in [3.8, 4) is 0 Å². The summed E-state index contributed by atoms with van der Waals surface area (Å²) < 4.78 is 0.941. The molecule has 0 heterocycles. The van der Waals surface area contributed by atoms with Crippen LogP contribution in [0, 0.1) is 0 Å². The molecule has 0 bridgehead atoms. The van der Waals surface area contributed by atoms with Gasteiger partial charge in [0.15, 0.2) is 0 Å². The van der Waals surface area contributed by atoms with E-state index in [2.05, 4.69) is 21.2 Å². The molecule has 7 heteroatoms. The molecule has 3 rings (SSSR count). The summed E-state index contributed by atoms with van der Waals surface area (Å²) in [5, 5.41) is 3.75. The van der Waals surface area contributed by atoms with Gasteiger partial charge in [0.1, 0.15) is 6.04 Å². The van der Waals surface area contributed by atoms with E-state index in [9.17, 15) is 9.59 Å². The molecule has 1 N–H and O–H groups in total. The van der Waals surface area contributed by atoms with Gasteiger partial charge in [0.05, 0.1) is 6.42 Å². The highest BCUT2D eigenvalue weighted by atomic mass is 79.9. The highest BCUT2D eigenvalue weighted by molar-refractivity contribution is 9.10. The Morgan fingerprint density at radius 1 is 0.909 bits per heavy atom. The standard InChI is InChI=1S/C26H25BrCl2N2O2/c1-2-30-26(33)24(15-18-7-4-3-5-8-18)31(17-19-11-13-20(27)14-12-19)25(32)16-21-22(28)9-6-10-23(21)29/h3-14,24H,2,15-17H2,1H3,(H,30,33)/t24-/m1/s1. The Hall–Kier alpha value is -2.34. The van der Waals surface area contributed by atoms with Crippen LogP contribution in [0.2, 0.25) is 10.0 Å². The number of likely N-dealkylation sites (N-methyl/N-ethyl adjacent to an activating group) is 1. The number of amides is 2. The van der Waals surface area contributed by atoms with Gasteiger partial charge in [-0.1, -0.05) is 87.7 Å². The van der Waals surface area contributed by atoms with Crippen molar-refractivity contribution in [1.29, 1.82) is 0 Å². The third-order valence-corrected chi connectivity index (χ3v) is 6.51. The lowest BCUT2D eigenvalue weighted by Gasteiger charge is -2.32. The van der Waals surface area contributed by atoms with Gasteiger partial charge >= 0.3 is 0 Å². The van der Waals surface area contributed by atoms with Crippen molar-refractivity contribution in [2.45, 2.75) is 32.4 Å². The molecule has 0 spiro atoms. The van der Waals surface area contributed by atoms with Gasteiger partial charge in [0, 0.05) is 34.0 Å². The number of halogens is 3. The van der Waals surface area contributed by atoms with Crippen LogP contribution in [0.25, 0.3) is 0 Å². The van der Waals surface area contributed by atoms with E-state index in [0.29, 0.717) is 28.6 Å². The van der Waals surface area contributed by atoms with E-state index in [1.54, 1.807) is 23.1 Å². The second-order valence-corrected chi connectivity index (χ2v) is 9.36. The molecular formula is C26H25BrCl2N2O2. The van der Waals surface area contributed by atoms with Gasteiger partial charge in [-0.05, 0) is 47.9 Å². The first-order valence-corrected chi connectivity index (χ1v) is 12.2. The number of hydrogen-bond donors (Lipinski definition) is 1. The molecule has 0 radical (unpaired) electrons. The van der Waals surface area contributed by atoms with Crippen molar-refractivity contribution in [3.05, 3.63) is 104 Å². The fraction of sp³-hybridized carbons (Fsp3) is 0.231. The van der Waals surface area contributed by atoms with Crippen LogP contribution in [0.15, 0.2) is 77.3 Å². The lowest BCUT2D eigenvalue weighted by Crippen LogP contribution is -2.51. The molecule has 3 aromatic rings. The summed E-state index contributed by atoms with van der Waals surface area (Å²) in [4.78, 5) is 28.4. The first-order chi connectivity index (χ1) is 15.9. The van der Waals surface area contributed by atoms with Crippen LogP contribution in [0.3, 0.4) is 0 Å². The lowest BCUT2D eigenvalue weighted by atomic mass is 10.0. The average molecular weight is 548 g/mol. The molecule has 0 fully saturated rings. The van der Waals surface area contributed by atoms with Crippen LogP contribution in [-0.4, -0.2) is 29.3 Å². The van der Waals surface area contributed by atoms with Crippen LogP contribution in [0.4, 0.5) is 0 Å². The van der Waals surface area contributed by atoms with Gasteiger partial charge in [0.25, 0.3) is 0 Å². The first-order valence-electron chi connectivity index (χ1n) is 10.7. The van der Waals surface area contributed by atoms with E-state index < -0.39 is 6.04 Å². The Balaban J connectivity index is 1.98. The third-order valence-electron chi connectivity index (χ3n) is 5.28. The molecule has 0 aromatic heterocycles. The molecule has 0 saturated carbocycles. The van der Waals surface area contributed by atoms with Crippen molar-refractivity contribution in [2.75, 3.05) is 6.54 Å². The van der Waals surface area contributed by atoms with Gasteiger partial charge in [-0.2, -0.15) is 0 Å². The maximum atomic E-state index is 13.6. The number of rotatable bonds is 9. The predicted molar refractivity (Wildman–Crippen MR) is 137 cm³/mol. The number of carbonyl (C=O) groups excluding carboxylic acids is 2. The van der Waals surface area contributed by atoms with Crippen LogP contribution < -0.4 is 5.32 Å². The summed E-state index contributed by atoms with van der Waals surface area (Å²) in [6.07, 6.45) is 0.394. The van der Waals surface area contributed by atoms with Crippen molar-refractivity contribution in [1.82, 2.24) is 10.2 Å². The van der Waals surface area contributed by atoms with E-state index in [1.165, 1.54) is 0 Å². The van der Waals surface area contributed by atoms with Crippen LogP contribution in [0.5, 0.6) is 0 Å². The average Bonchev–Trinajstić information content (AvgIpc) is 2.80. The Bertz CT molecular complexity index is 1070. The predicted octanol–water partition coefficient (Wildman–Crippen LogP) is 6.07. The Morgan fingerprint density at radius 2 is 1.55 bits per heavy atom. The number of nitrogens with one attached hydrogen (secondary N) is 1. The molecule has 33 heavy (non-hydrogen) atoms. The molecule has 0 saturated heterocycles. The second-order valence-electron chi connectivity index (χ2n) is 7.63. The lowest BCUT2D eigenvalue weighted by molar-refractivity contribution is -0.140. The topological polar surface area (TPSA) is 49.4 Å². The van der Waals surface area contributed by atoms with Crippen LogP contribution in [0.1, 0.15) is 23.6 Å². The summed E-state index contributed by atoms with van der Waals surface area (Å²) in [5.41, 5.74) is 2.44. The molecule has 4 nitrogen and oxygen atoms in total. The fourth-order valence-electron chi connectivity index (χ4n) is 3.59. The fourth-order valence-corrected chi connectivity index (χ4v) is 4.38. The molecule has 172 valence electrons. The van der Waals surface area contributed by atoms with Gasteiger partial charge in [-0.15, -0.1) is 0 Å². The number of benzene rings is 3. The SMILES string of the molecule is CCNC(=O)[C@@H](Cc1ccccc1)N(Cc1ccc(Br)cc1)C(=O)Cc1c(Cl)cccc1Cl. The van der Waals surface area contributed by atoms with Gasteiger partial charge < -0.3 is 10.2 Å². The number of nitrogens with zero attached hydrogens (tertiary/aromatic N) is 1. The maximum Gasteiger partial charge on any atom is 0.243 e. The highest BCUT2D eigenvalue weighted by Crippen LogP contribution is 2.26. The monoisotopic (exact) mass is 546 g/mol. The van der Waals surface area contributed by atoms with Crippen molar-refractivity contribution < 1.29 is 9.59 Å². The summed E-state index contributed by atoms with van der Waals surface area (Å²) in [7, 11) is 0. The number of hydrogen-bond acceptors (Lipinski definition) is 2. The zero-order chi connectivity index (χ0) is 23.8. The summed E-state index contributed by atoms with van der Waals surface area (Å²) in [6, 6.07) is 21.9. The zero-order valence-electron chi connectivity index (χ0n) is 18.2. The Kier molecular flexibility index (Phi) is 9.36. The van der Waals surface area contributed by atoms with Crippen molar-refractivity contribution >= 4 is 50.9 Å². The Morgan fingerprint density at radius 3 is 2.15 bits per heavy atom. The molecule has 0 unspecified atom stereocenters. The normalized spacial score (nSPS) is 11.6. The summed E-state index contributed by atoms with van der Waals surface area (Å²) in [6.45, 7) is 2.62. The van der Waals surface area contributed by atoms with Crippen LogP contribution in [-0.2, 0) is 29.0 Å². The first kappa shape index (κ1) is 25.3. The molecular weight excluding hydrogens is 523 g/mol. The van der Waals surface area contributed by atoms with Gasteiger partial charge in [-0.25, -0.2) is 0 Å². The maximum absolute atomic E-state index is 13.6. The molecule has 3 aromatic carbocycles. The van der Waals surface area contributed by atoms with Crippen molar-refractivity contribution in [2.24, 2.45) is 0 Å². The van der Waals surface area contributed by atoms with Crippen molar-refractivity contribution in [3.63, 3.8) is 0 Å². The van der Waals surface area contributed by atoms with E-state index in [0.717, 1.165) is 15.6 Å². The minimum absolute atomic E-state index is 0.000268. The zero-order valence-corrected chi connectivity index (χ0v) is 21.3.